The van der Waals surface area contributed by atoms with Crippen LogP contribution in [0.2, 0.25) is 0 Å². The molecule has 1 fully saturated rings. The van der Waals surface area contributed by atoms with Gasteiger partial charge in [-0.2, -0.15) is 0 Å². The SMILES string of the molecule is CCOc1ccccc1NC(=O)C(C)Sc1nnc(N2CCCCC2)n1-c1ccccc1. The van der Waals surface area contributed by atoms with Gasteiger partial charge in [-0.1, -0.05) is 42.1 Å². The Hall–Kier alpha value is -3.00. The molecule has 2 heterocycles. The minimum absolute atomic E-state index is 0.107. The van der Waals surface area contributed by atoms with Crippen molar-refractivity contribution in [1.82, 2.24) is 14.8 Å². The molecule has 1 aliphatic rings. The lowest BCUT2D eigenvalue weighted by Crippen LogP contribution is -2.31. The summed E-state index contributed by atoms with van der Waals surface area (Å²) in [5.74, 6) is 1.40. The third-order valence-electron chi connectivity index (χ3n) is 5.37. The van der Waals surface area contributed by atoms with Crippen LogP contribution in [-0.2, 0) is 4.79 Å². The molecule has 1 N–H and O–H groups in total. The largest absolute Gasteiger partial charge is 0.492 e. The fraction of sp³-hybridized carbons (Fsp3) is 0.375. The molecule has 1 saturated heterocycles. The lowest BCUT2D eigenvalue weighted by atomic mass is 10.1. The molecule has 0 bridgehead atoms. The monoisotopic (exact) mass is 451 g/mol. The summed E-state index contributed by atoms with van der Waals surface area (Å²) in [7, 11) is 0. The molecule has 168 valence electrons. The number of ether oxygens (including phenoxy) is 1. The number of rotatable bonds is 8. The summed E-state index contributed by atoms with van der Waals surface area (Å²) in [6.07, 6.45) is 3.56. The Labute approximate surface area is 193 Å². The molecule has 3 aromatic rings. The first-order chi connectivity index (χ1) is 15.7. The van der Waals surface area contributed by atoms with Gasteiger partial charge in [0, 0.05) is 13.1 Å². The van der Waals surface area contributed by atoms with E-state index in [-0.39, 0.29) is 11.2 Å². The molecule has 4 rings (SSSR count). The number of hydrogen-bond donors (Lipinski definition) is 1. The Morgan fingerprint density at radius 1 is 1.06 bits per heavy atom. The number of para-hydroxylation sites is 3. The fourth-order valence-corrected chi connectivity index (χ4v) is 4.60. The Morgan fingerprint density at radius 2 is 1.78 bits per heavy atom. The molecule has 2 aromatic carbocycles. The third kappa shape index (κ3) is 5.07. The molecule has 0 saturated carbocycles. The maximum Gasteiger partial charge on any atom is 0.237 e. The molecule has 7 nitrogen and oxygen atoms in total. The summed E-state index contributed by atoms with van der Waals surface area (Å²) in [6.45, 7) is 6.29. The molecule has 1 aromatic heterocycles. The van der Waals surface area contributed by atoms with Crippen LogP contribution in [0.25, 0.3) is 5.69 Å². The molecule has 0 spiro atoms. The number of anilines is 2. The van der Waals surface area contributed by atoms with Crippen LogP contribution < -0.4 is 15.0 Å². The second-order valence-corrected chi connectivity index (χ2v) is 8.99. The number of benzene rings is 2. The summed E-state index contributed by atoms with van der Waals surface area (Å²) in [5, 5.41) is 12.3. The quantitative estimate of drug-likeness (QED) is 0.497. The van der Waals surface area contributed by atoms with Crippen LogP contribution in [-0.4, -0.2) is 45.6 Å². The molecular weight excluding hydrogens is 422 g/mol. The number of nitrogens with zero attached hydrogens (tertiary/aromatic N) is 4. The number of nitrogens with one attached hydrogen (secondary N) is 1. The van der Waals surface area contributed by atoms with Crippen LogP contribution in [0.15, 0.2) is 59.8 Å². The zero-order valence-electron chi connectivity index (χ0n) is 18.5. The Balaban J connectivity index is 1.56. The summed E-state index contributed by atoms with van der Waals surface area (Å²) < 4.78 is 7.69. The molecule has 1 aliphatic heterocycles. The lowest BCUT2D eigenvalue weighted by Gasteiger charge is -2.28. The Bertz CT molecular complexity index is 1030. The van der Waals surface area contributed by atoms with Crippen molar-refractivity contribution >= 4 is 29.3 Å². The van der Waals surface area contributed by atoms with E-state index in [1.165, 1.54) is 18.2 Å². The topological polar surface area (TPSA) is 72.3 Å². The van der Waals surface area contributed by atoms with Gasteiger partial charge in [0.25, 0.3) is 0 Å². The van der Waals surface area contributed by atoms with Crippen molar-refractivity contribution in [3.05, 3.63) is 54.6 Å². The summed E-state index contributed by atoms with van der Waals surface area (Å²) in [5.41, 5.74) is 1.67. The average molecular weight is 452 g/mol. The molecule has 1 amide bonds. The minimum Gasteiger partial charge on any atom is -0.492 e. The molecule has 0 radical (unpaired) electrons. The molecule has 8 heteroatoms. The summed E-state index contributed by atoms with van der Waals surface area (Å²) in [4.78, 5) is 15.3. The number of amides is 1. The van der Waals surface area contributed by atoms with Crippen LogP contribution in [0.4, 0.5) is 11.6 Å². The van der Waals surface area contributed by atoms with Gasteiger partial charge in [0.05, 0.1) is 23.2 Å². The van der Waals surface area contributed by atoms with Crippen LogP contribution >= 0.6 is 11.8 Å². The van der Waals surface area contributed by atoms with Gasteiger partial charge >= 0.3 is 0 Å². The van der Waals surface area contributed by atoms with Crippen molar-refractivity contribution in [2.24, 2.45) is 0 Å². The third-order valence-corrected chi connectivity index (χ3v) is 6.41. The second kappa shape index (κ2) is 10.5. The number of piperidine rings is 1. The van der Waals surface area contributed by atoms with Gasteiger partial charge in [0.1, 0.15) is 5.75 Å². The van der Waals surface area contributed by atoms with Crippen molar-refractivity contribution in [3.63, 3.8) is 0 Å². The maximum atomic E-state index is 13.0. The Kier molecular flexibility index (Phi) is 7.32. The lowest BCUT2D eigenvalue weighted by molar-refractivity contribution is -0.115. The van der Waals surface area contributed by atoms with E-state index >= 15 is 0 Å². The van der Waals surface area contributed by atoms with Crippen molar-refractivity contribution < 1.29 is 9.53 Å². The first kappa shape index (κ1) is 22.2. The molecule has 32 heavy (non-hydrogen) atoms. The van der Waals surface area contributed by atoms with Gasteiger partial charge in [-0.15, -0.1) is 10.2 Å². The van der Waals surface area contributed by atoms with Crippen LogP contribution in [0.5, 0.6) is 5.75 Å². The van der Waals surface area contributed by atoms with Gasteiger partial charge in [0.15, 0.2) is 5.16 Å². The van der Waals surface area contributed by atoms with E-state index in [9.17, 15) is 4.79 Å². The predicted octanol–water partition coefficient (Wildman–Crippen LogP) is 4.78. The van der Waals surface area contributed by atoms with E-state index in [1.807, 2.05) is 68.4 Å². The van der Waals surface area contributed by atoms with Gasteiger partial charge in [0.2, 0.25) is 11.9 Å². The van der Waals surface area contributed by atoms with E-state index in [0.29, 0.717) is 23.2 Å². The zero-order chi connectivity index (χ0) is 22.3. The maximum absolute atomic E-state index is 13.0. The number of aromatic nitrogens is 3. The van der Waals surface area contributed by atoms with Crippen molar-refractivity contribution in [2.75, 3.05) is 29.9 Å². The zero-order valence-corrected chi connectivity index (χ0v) is 19.3. The van der Waals surface area contributed by atoms with E-state index < -0.39 is 0 Å². The molecule has 1 unspecified atom stereocenters. The van der Waals surface area contributed by atoms with Crippen LogP contribution in [0.3, 0.4) is 0 Å². The van der Waals surface area contributed by atoms with E-state index in [4.69, 9.17) is 4.74 Å². The standard InChI is InChI=1S/C24H29N5O2S/c1-3-31-21-15-9-8-14-20(21)25-22(30)18(2)32-24-27-26-23(28-16-10-5-11-17-28)29(24)19-12-6-4-7-13-19/h4,6-9,12-15,18H,3,5,10-11,16-17H2,1-2H3,(H,25,30). The highest BCUT2D eigenvalue weighted by Crippen LogP contribution is 2.31. The normalized spacial score (nSPS) is 14.8. The summed E-state index contributed by atoms with van der Waals surface area (Å²) in [6, 6.07) is 17.6. The van der Waals surface area contributed by atoms with E-state index in [0.717, 1.165) is 37.6 Å². The number of carbonyl (C=O) groups excluding carboxylic acids is 1. The highest BCUT2D eigenvalue weighted by molar-refractivity contribution is 8.00. The highest BCUT2D eigenvalue weighted by atomic mass is 32.2. The van der Waals surface area contributed by atoms with Crippen molar-refractivity contribution in [1.29, 1.82) is 0 Å². The predicted molar refractivity (Wildman–Crippen MR) is 129 cm³/mol. The van der Waals surface area contributed by atoms with Gasteiger partial charge in [-0.05, 0) is 57.4 Å². The molecular formula is C24H29N5O2S. The van der Waals surface area contributed by atoms with E-state index in [2.05, 4.69) is 25.0 Å². The van der Waals surface area contributed by atoms with Gasteiger partial charge in [-0.25, -0.2) is 0 Å². The van der Waals surface area contributed by atoms with Crippen molar-refractivity contribution in [3.8, 4) is 11.4 Å². The average Bonchev–Trinajstić information content (AvgIpc) is 3.25. The summed E-state index contributed by atoms with van der Waals surface area (Å²) >= 11 is 1.41. The highest BCUT2D eigenvalue weighted by Gasteiger charge is 2.25. The second-order valence-electron chi connectivity index (χ2n) is 7.68. The fourth-order valence-electron chi connectivity index (χ4n) is 3.74. The first-order valence-corrected chi connectivity index (χ1v) is 12.0. The smallest absolute Gasteiger partial charge is 0.237 e. The first-order valence-electron chi connectivity index (χ1n) is 11.1. The number of hydrogen-bond acceptors (Lipinski definition) is 6. The number of thioether (sulfide) groups is 1. The molecule has 1 atom stereocenters. The van der Waals surface area contributed by atoms with Crippen LogP contribution in [0, 0.1) is 0 Å². The Morgan fingerprint density at radius 3 is 2.53 bits per heavy atom. The van der Waals surface area contributed by atoms with E-state index in [1.54, 1.807) is 0 Å². The van der Waals surface area contributed by atoms with Gasteiger partial charge < -0.3 is 15.0 Å². The number of carbonyl (C=O) groups is 1. The minimum atomic E-state index is -0.370. The molecule has 0 aliphatic carbocycles. The van der Waals surface area contributed by atoms with Crippen LogP contribution in [0.1, 0.15) is 33.1 Å². The van der Waals surface area contributed by atoms with Crippen molar-refractivity contribution in [2.45, 2.75) is 43.5 Å². The van der Waals surface area contributed by atoms with Gasteiger partial charge in [-0.3, -0.25) is 9.36 Å².